The molecule has 0 saturated carbocycles. The average molecular weight is 526 g/mol. The third-order valence-corrected chi connectivity index (χ3v) is 5.97. The number of nitrogens with zero attached hydrogens (tertiary/aromatic N) is 1. The van der Waals surface area contributed by atoms with Crippen molar-refractivity contribution in [2.24, 2.45) is 0 Å². The Kier molecular flexibility index (Phi) is 8.18. The molecule has 2 aromatic carbocycles. The van der Waals surface area contributed by atoms with E-state index >= 15 is 0 Å². The Balaban J connectivity index is 1.71. The highest BCUT2D eigenvalue weighted by Gasteiger charge is 2.33. The minimum absolute atomic E-state index is 0.0594. The molecule has 1 aromatic heterocycles. The third kappa shape index (κ3) is 8.11. The number of nitrogens with one attached hydrogen (secondary N) is 2. The highest BCUT2D eigenvalue weighted by Crippen LogP contribution is 2.34. The van der Waals surface area contributed by atoms with Gasteiger partial charge in [0.05, 0.1) is 11.9 Å². The van der Waals surface area contributed by atoms with Gasteiger partial charge in [-0.25, -0.2) is 17.8 Å². The molecule has 0 aliphatic rings. The number of halogens is 4. The fraction of sp³-hybridized carbons (Fsp3) is 0.130. The molecule has 0 spiro atoms. The van der Waals surface area contributed by atoms with Gasteiger partial charge >= 0.3 is 6.18 Å². The number of hydrogen-bond donors (Lipinski definition) is 2. The topological polar surface area (TPSA) is 88.2 Å². The van der Waals surface area contributed by atoms with E-state index in [0.717, 1.165) is 36.2 Å². The van der Waals surface area contributed by atoms with E-state index < -0.39 is 33.6 Å². The van der Waals surface area contributed by atoms with Crippen LogP contribution in [0.4, 0.5) is 23.2 Å². The van der Waals surface area contributed by atoms with Crippen LogP contribution in [0.2, 0.25) is 0 Å². The Morgan fingerprint density at radius 1 is 1.09 bits per heavy atom. The quantitative estimate of drug-likeness (QED) is 0.316. The Hall–Kier alpha value is -3.38. The normalized spacial score (nSPS) is 12.0. The van der Waals surface area contributed by atoms with Crippen LogP contribution in [0.15, 0.2) is 76.7 Å². The van der Waals surface area contributed by atoms with Gasteiger partial charge in [0.15, 0.2) is 0 Å². The lowest BCUT2D eigenvalue weighted by atomic mass is 10.2. The lowest BCUT2D eigenvalue weighted by Crippen LogP contribution is -2.20. The molecule has 0 aliphatic heterocycles. The molecule has 0 fully saturated rings. The van der Waals surface area contributed by atoms with Crippen molar-refractivity contribution >= 4 is 39.5 Å². The third-order valence-electron chi connectivity index (χ3n) is 4.35. The molecule has 0 radical (unpaired) electrons. The molecule has 0 bridgehead atoms. The van der Waals surface area contributed by atoms with Crippen molar-refractivity contribution in [1.82, 2.24) is 10.3 Å². The predicted molar refractivity (Wildman–Crippen MR) is 126 cm³/mol. The van der Waals surface area contributed by atoms with Gasteiger partial charge in [-0.15, -0.1) is 0 Å². The number of benzene rings is 2. The summed E-state index contributed by atoms with van der Waals surface area (Å²) in [6.45, 7) is -0.0594. The Morgan fingerprint density at radius 3 is 2.43 bits per heavy atom. The summed E-state index contributed by atoms with van der Waals surface area (Å²) >= 11 is 1.03. The summed E-state index contributed by atoms with van der Waals surface area (Å²) in [4.78, 5) is 16.6. The predicted octanol–water partition coefficient (Wildman–Crippen LogP) is 5.09. The van der Waals surface area contributed by atoms with E-state index in [9.17, 15) is 30.8 Å². The van der Waals surface area contributed by atoms with E-state index in [1.165, 1.54) is 24.3 Å². The molecule has 0 aliphatic carbocycles. The second-order valence-corrected chi connectivity index (χ2v) is 10.1. The number of anilines is 1. The summed E-state index contributed by atoms with van der Waals surface area (Å²) in [5.74, 6) is -1.38. The number of rotatable bonds is 8. The van der Waals surface area contributed by atoms with Gasteiger partial charge < -0.3 is 5.32 Å². The van der Waals surface area contributed by atoms with Crippen LogP contribution in [0, 0.1) is 5.82 Å². The molecular formula is C23H19F4N3O3S2. The lowest BCUT2D eigenvalue weighted by molar-refractivity contribution is -0.141. The number of carbonyl (C=O) groups excluding carboxylic acids is 1. The maximum atomic E-state index is 14.1. The van der Waals surface area contributed by atoms with Crippen LogP contribution in [0.25, 0.3) is 6.08 Å². The first-order chi connectivity index (χ1) is 16.4. The molecule has 6 nitrogen and oxygen atoms in total. The standard InChI is InChI=1S/C23H19F4N3O3S2/c1-35(32,33)30-19-10-7-15(13-18(19)24)14-28-21(31)12-9-16-8-11-20(23(25,26)27)29-22(16)34-17-5-3-2-4-6-17/h2-13,30H,14H2,1H3,(H,28,31)/b12-9-. The zero-order valence-corrected chi connectivity index (χ0v) is 19.8. The maximum Gasteiger partial charge on any atom is 0.433 e. The number of sulfonamides is 1. The van der Waals surface area contributed by atoms with Crippen molar-refractivity contribution in [2.75, 3.05) is 11.0 Å². The summed E-state index contributed by atoms with van der Waals surface area (Å²) in [5.41, 5.74) is -0.585. The van der Waals surface area contributed by atoms with Crippen molar-refractivity contribution < 1.29 is 30.8 Å². The zero-order valence-electron chi connectivity index (χ0n) is 18.1. The molecule has 1 heterocycles. The SMILES string of the molecule is CS(=O)(=O)Nc1ccc(CNC(=O)/C=C\c2ccc(C(F)(F)F)nc2Sc2ccccc2)cc1F. The van der Waals surface area contributed by atoms with Crippen LogP contribution in [-0.2, 0) is 27.5 Å². The van der Waals surface area contributed by atoms with Crippen molar-refractivity contribution in [1.29, 1.82) is 0 Å². The van der Waals surface area contributed by atoms with Crippen LogP contribution in [-0.4, -0.2) is 25.6 Å². The molecule has 0 atom stereocenters. The molecular weight excluding hydrogens is 506 g/mol. The average Bonchev–Trinajstić information content (AvgIpc) is 2.77. The second kappa shape index (κ2) is 10.9. The second-order valence-electron chi connectivity index (χ2n) is 7.24. The van der Waals surface area contributed by atoms with Gasteiger partial charge in [-0.1, -0.05) is 42.1 Å². The minimum atomic E-state index is -4.62. The molecule has 2 N–H and O–H groups in total. The van der Waals surface area contributed by atoms with Gasteiger partial charge in [0.25, 0.3) is 0 Å². The van der Waals surface area contributed by atoms with Crippen molar-refractivity contribution in [3.63, 3.8) is 0 Å². The fourth-order valence-corrected chi connectivity index (χ4v) is 4.26. The number of alkyl halides is 3. The van der Waals surface area contributed by atoms with Crippen molar-refractivity contribution in [3.05, 3.63) is 89.4 Å². The summed E-state index contributed by atoms with van der Waals surface area (Å²) in [6, 6.07) is 14.5. The zero-order chi connectivity index (χ0) is 25.6. The van der Waals surface area contributed by atoms with Crippen LogP contribution in [0.5, 0.6) is 0 Å². The van der Waals surface area contributed by atoms with E-state index in [1.54, 1.807) is 30.3 Å². The summed E-state index contributed by atoms with van der Waals surface area (Å²) < 4.78 is 78.0. The summed E-state index contributed by atoms with van der Waals surface area (Å²) in [6.07, 6.45) is -1.25. The van der Waals surface area contributed by atoms with Gasteiger partial charge in [0.1, 0.15) is 16.5 Å². The van der Waals surface area contributed by atoms with Crippen molar-refractivity contribution in [3.8, 4) is 0 Å². The number of aromatic nitrogens is 1. The van der Waals surface area contributed by atoms with Gasteiger partial charge in [-0.2, -0.15) is 13.2 Å². The van der Waals surface area contributed by atoms with Crippen LogP contribution >= 0.6 is 11.8 Å². The molecule has 1 amide bonds. The smallest absolute Gasteiger partial charge is 0.348 e. The first-order valence-corrected chi connectivity index (χ1v) is 12.6. The van der Waals surface area contributed by atoms with Gasteiger partial charge in [-0.3, -0.25) is 9.52 Å². The molecule has 0 unspecified atom stereocenters. The van der Waals surface area contributed by atoms with Crippen LogP contribution < -0.4 is 10.0 Å². The molecule has 12 heteroatoms. The first-order valence-electron chi connectivity index (χ1n) is 9.94. The van der Waals surface area contributed by atoms with E-state index in [2.05, 4.69) is 10.3 Å². The molecule has 184 valence electrons. The number of pyridine rings is 1. The fourth-order valence-electron chi connectivity index (χ4n) is 2.78. The molecule has 3 rings (SSSR count). The first kappa shape index (κ1) is 26.2. The van der Waals surface area contributed by atoms with E-state index in [0.29, 0.717) is 16.0 Å². The minimum Gasteiger partial charge on any atom is -0.348 e. The van der Waals surface area contributed by atoms with Gasteiger partial charge in [0, 0.05) is 23.1 Å². The van der Waals surface area contributed by atoms with E-state index in [-0.39, 0.29) is 17.3 Å². The van der Waals surface area contributed by atoms with E-state index in [1.807, 2.05) is 4.72 Å². The Morgan fingerprint density at radius 2 is 1.80 bits per heavy atom. The summed E-state index contributed by atoms with van der Waals surface area (Å²) in [7, 11) is -3.64. The number of hydrogen-bond acceptors (Lipinski definition) is 5. The van der Waals surface area contributed by atoms with Crippen molar-refractivity contribution in [2.45, 2.75) is 22.6 Å². The lowest BCUT2D eigenvalue weighted by Gasteiger charge is -2.10. The Bertz CT molecular complexity index is 1350. The summed E-state index contributed by atoms with van der Waals surface area (Å²) in [5, 5.41) is 2.61. The number of carbonyl (C=O) groups is 1. The highest BCUT2D eigenvalue weighted by molar-refractivity contribution is 7.99. The van der Waals surface area contributed by atoms with Gasteiger partial charge in [-0.05, 0) is 42.0 Å². The maximum absolute atomic E-state index is 14.1. The molecule has 0 saturated heterocycles. The molecule has 35 heavy (non-hydrogen) atoms. The van der Waals surface area contributed by atoms with Crippen LogP contribution in [0.3, 0.4) is 0 Å². The number of amides is 1. The largest absolute Gasteiger partial charge is 0.433 e. The van der Waals surface area contributed by atoms with Crippen LogP contribution in [0.1, 0.15) is 16.8 Å². The monoisotopic (exact) mass is 525 g/mol. The highest BCUT2D eigenvalue weighted by atomic mass is 32.2. The Labute approximate surface area is 203 Å². The van der Waals surface area contributed by atoms with E-state index in [4.69, 9.17) is 0 Å². The van der Waals surface area contributed by atoms with Gasteiger partial charge in [0.2, 0.25) is 15.9 Å². The molecule has 3 aromatic rings.